The van der Waals surface area contributed by atoms with Crippen LogP contribution in [-0.2, 0) is 19.6 Å². The third-order valence-corrected chi connectivity index (χ3v) is 7.04. The second-order valence-corrected chi connectivity index (χ2v) is 11.2. The van der Waals surface area contributed by atoms with Crippen molar-refractivity contribution < 1.29 is 19.4 Å². The predicted molar refractivity (Wildman–Crippen MR) is 106 cm³/mol. The largest absolute Gasteiger partial charge is 0.481 e. The van der Waals surface area contributed by atoms with Crippen LogP contribution in [0.5, 0.6) is 0 Å². The Bertz CT molecular complexity index is 865. The van der Waals surface area contributed by atoms with E-state index >= 15 is 0 Å². The molecule has 2 aromatic heterocycles. The molecule has 9 nitrogen and oxygen atoms in total. The number of fused-ring (bicyclic) bond motifs is 1. The maximum Gasteiger partial charge on any atom is 0.303 e. The van der Waals surface area contributed by atoms with Gasteiger partial charge in [-0.3, -0.25) is 9.36 Å². The minimum absolute atomic E-state index is 0.0278. The molecule has 2 aromatic rings. The topological polar surface area (TPSA) is 125 Å². The van der Waals surface area contributed by atoms with Gasteiger partial charge in [-0.25, -0.2) is 15.0 Å². The van der Waals surface area contributed by atoms with Crippen molar-refractivity contribution in [3.8, 4) is 0 Å². The average Bonchev–Trinajstić information content (AvgIpc) is 3.15. The first-order valence-electron chi connectivity index (χ1n) is 9.35. The molecule has 10 heteroatoms. The van der Waals surface area contributed by atoms with Gasteiger partial charge < -0.3 is 20.3 Å². The standard InChI is InChI=1S/C18H28N5O4Si/c1-17(2,3)26-12-8-18(28(4)5,27-11(12)6-7-13(24)25)23-10-22-14-15(19)20-9-21-16(14)23/h9-12H,6-8H2,1-5H3,(H,24,25)(H2,19,20,21)/t11-,12+,18+/m1/s1. The van der Waals surface area contributed by atoms with Gasteiger partial charge in [0.2, 0.25) is 0 Å². The third kappa shape index (κ3) is 3.89. The average molecular weight is 407 g/mol. The zero-order chi connectivity index (χ0) is 20.7. The molecule has 28 heavy (non-hydrogen) atoms. The maximum absolute atomic E-state index is 11.1. The molecule has 3 heterocycles. The van der Waals surface area contributed by atoms with Gasteiger partial charge in [-0.05, 0) is 27.2 Å². The molecule has 0 saturated carbocycles. The van der Waals surface area contributed by atoms with E-state index in [0.29, 0.717) is 29.8 Å². The Balaban J connectivity index is 2.03. The summed E-state index contributed by atoms with van der Waals surface area (Å²) in [5, 5.41) is 8.48. The lowest BCUT2D eigenvalue weighted by Crippen LogP contribution is -2.45. The van der Waals surface area contributed by atoms with Crippen LogP contribution in [0.15, 0.2) is 12.7 Å². The first kappa shape index (κ1) is 20.7. The Morgan fingerprint density at radius 2 is 2.14 bits per heavy atom. The number of nitrogens with two attached hydrogens (primary N) is 1. The fraction of sp³-hybridized carbons (Fsp3) is 0.667. The van der Waals surface area contributed by atoms with Gasteiger partial charge in [0.1, 0.15) is 26.0 Å². The van der Waals surface area contributed by atoms with Crippen molar-refractivity contribution in [2.75, 3.05) is 5.73 Å². The Morgan fingerprint density at radius 1 is 1.43 bits per heavy atom. The Hall–Kier alpha value is -2.04. The molecule has 0 aromatic carbocycles. The van der Waals surface area contributed by atoms with Gasteiger partial charge in [0.05, 0.1) is 24.1 Å². The van der Waals surface area contributed by atoms with E-state index in [9.17, 15) is 4.79 Å². The van der Waals surface area contributed by atoms with Crippen molar-refractivity contribution in [3.63, 3.8) is 0 Å². The van der Waals surface area contributed by atoms with Crippen molar-refractivity contribution in [1.29, 1.82) is 0 Å². The molecule has 0 unspecified atom stereocenters. The number of ether oxygens (including phenoxy) is 2. The van der Waals surface area contributed by atoms with E-state index < -0.39 is 20.1 Å². The normalized spacial score (nSPS) is 25.6. The van der Waals surface area contributed by atoms with E-state index in [1.807, 2.05) is 25.3 Å². The summed E-state index contributed by atoms with van der Waals surface area (Å²) in [6.45, 7) is 10.3. The van der Waals surface area contributed by atoms with E-state index in [1.54, 1.807) is 6.33 Å². The summed E-state index contributed by atoms with van der Waals surface area (Å²) in [6, 6.07) is 0. The van der Waals surface area contributed by atoms with Crippen LogP contribution < -0.4 is 5.73 Å². The first-order chi connectivity index (χ1) is 13.0. The number of nitrogen functional groups attached to an aromatic ring is 1. The fourth-order valence-corrected chi connectivity index (χ4v) is 5.34. The molecule has 3 N–H and O–H groups in total. The number of aliphatic carboxylic acids is 1. The second-order valence-electron chi connectivity index (χ2n) is 8.39. The third-order valence-electron chi connectivity index (χ3n) is 4.92. The minimum atomic E-state index is -1.08. The van der Waals surface area contributed by atoms with Crippen LogP contribution >= 0.6 is 0 Å². The van der Waals surface area contributed by atoms with E-state index in [2.05, 4.69) is 28.0 Å². The number of anilines is 1. The number of carboxylic acid groups (broad SMARTS) is 1. The summed E-state index contributed by atoms with van der Waals surface area (Å²) in [5.74, 6) is -0.523. The van der Waals surface area contributed by atoms with Crippen LogP contribution in [0.1, 0.15) is 40.0 Å². The fourth-order valence-electron chi connectivity index (χ4n) is 3.70. The number of hydrogen-bond donors (Lipinski definition) is 2. The SMILES string of the molecule is C[Si](C)[C@]1(n2cnc3c(N)ncnc32)C[C@H](OC(C)(C)C)[C@@H](CCC(=O)O)O1. The molecule has 0 spiro atoms. The quantitative estimate of drug-likeness (QED) is 0.699. The monoisotopic (exact) mass is 406 g/mol. The van der Waals surface area contributed by atoms with E-state index in [1.165, 1.54) is 6.33 Å². The van der Waals surface area contributed by atoms with Crippen LogP contribution in [0.2, 0.25) is 13.1 Å². The molecule has 1 fully saturated rings. The molecular weight excluding hydrogens is 378 g/mol. The van der Waals surface area contributed by atoms with Crippen molar-refractivity contribution >= 4 is 31.7 Å². The molecule has 1 radical (unpaired) electrons. The number of nitrogens with zero attached hydrogens (tertiary/aromatic N) is 4. The molecule has 1 aliphatic heterocycles. The van der Waals surface area contributed by atoms with Crippen LogP contribution in [0.25, 0.3) is 11.2 Å². The Kier molecular flexibility index (Phi) is 5.48. The summed E-state index contributed by atoms with van der Waals surface area (Å²) in [5.41, 5.74) is 6.74. The summed E-state index contributed by atoms with van der Waals surface area (Å²) in [7, 11) is -1.08. The summed E-state index contributed by atoms with van der Waals surface area (Å²) < 4.78 is 14.8. The second kappa shape index (κ2) is 7.41. The highest BCUT2D eigenvalue weighted by Gasteiger charge is 2.52. The van der Waals surface area contributed by atoms with Gasteiger partial charge in [-0.15, -0.1) is 0 Å². The van der Waals surface area contributed by atoms with Gasteiger partial charge in [0, 0.05) is 12.8 Å². The molecule has 0 amide bonds. The molecule has 153 valence electrons. The smallest absolute Gasteiger partial charge is 0.303 e. The van der Waals surface area contributed by atoms with E-state index in [4.69, 9.17) is 20.3 Å². The molecule has 3 rings (SSSR count). The van der Waals surface area contributed by atoms with Crippen LogP contribution in [-0.4, -0.2) is 57.2 Å². The highest BCUT2D eigenvalue weighted by atomic mass is 28.3. The number of carboxylic acids is 1. The van der Waals surface area contributed by atoms with Crippen molar-refractivity contribution in [2.45, 2.75) is 76.3 Å². The zero-order valence-corrected chi connectivity index (χ0v) is 18.0. The van der Waals surface area contributed by atoms with Crippen molar-refractivity contribution in [1.82, 2.24) is 19.5 Å². The van der Waals surface area contributed by atoms with E-state index in [0.717, 1.165) is 0 Å². The predicted octanol–water partition coefficient (Wildman–Crippen LogP) is 2.19. The first-order valence-corrected chi connectivity index (χ1v) is 11.9. The van der Waals surface area contributed by atoms with Gasteiger partial charge >= 0.3 is 5.97 Å². The molecule has 1 aliphatic rings. The number of hydrogen-bond acceptors (Lipinski definition) is 7. The van der Waals surface area contributed by atoms with Crippen molar-refractivity contribution in [3.05, 3.63) is 12.7 Å². The van der Waals surface area contributed by atoms with E-state index in [-0.39, 0.29) is 24.2 Å². The van der Waals surface area contributed by atoms with Crippen LogP contribution in [0, 0.1) is 0 Å². The molecule has 0 aliphatic carbocycles. The summed E-state index contributed by atoms with van der Waals surface area (Å²) in [4.78, 5) is 23.9. The lowest BCUT2D eigenvalue weighted by Gasteiger charge is -2.34. The minimum Gasteiger partial charge on any atom is -0.481 e. The number of rotatable bonds is 6. The number of carbonyl (C=O) groups is 1. The number of aromatic nitrogens is 4. The summed E-state index contributed by atoms with van der Waals surface area (Å²) >= 11 is 0. The van der Waals surface area contributed by atoms with Crippen LogP contribution in [0.3, 0.4) is 0 Å². The zero-order valence-electron chi connectivity index (χ0n) is 17.0. The molecule has 1 saturated heterocycles. The highest BCUT2D eigenvalue weighted by molar-refractivity contribution is 6.58. The lowest BCUT2D eigenvalue weighted by atomic mass is 10.1. The van der Waals surface area contributed by atoms with Gasteiger partial charge in [0.25, 0.3) is 0 Å². The molecule has 3 atom stereocenters. The Morgan fingerprint density at radius 3 is 2.75 bits per heavy atom. The molecular formula is C18H28N5O4Si. The van der Waals surface area contributed by atoms with Crippen molar-refractivity contribution in [2.24, 2.45) is 0 Å². The maximum atomic E-state index is 11.1. The van der Waals surface area contributed by atoms with Gasteiger partial charge in [-0.2, -0.15) is 0 Å². The molecule has 0 bridgehead atoms. The lowest BCUT2D eigenvalue weighted by molar-refractivity contribution is -0.139. The highest BCUT2D eigenvalue weighted by Crippen LogP contribution is 2.43. The number of imidazole rings is 1. The summed E-state index contributed by atoms with van der Waals surface area (Å²) in [6.07, 6.45) is 3.58. The Labute approximate surface area is 165 Å². The van der Waals surface area contributed by atoms with Gasteiger partial charge in [0.15, 0.2) is 11.5 Å². The van der Waals surface area contributed by atoms with Crippen LogP contribution in [0.4, 0.5) is 5.82 Å². The van der Waals surface area contributed by atoms with Gasteiger partial charge in [-0.1, -0.05) is 13.1 Å².